The highest BCUT2D eigenvalue weighted by molar-refractivity contribution is 5.89. The summed E-state index contributed by atoms with van der Waals surface area (Å²) in [5.74, 6) is 0. The minimum Gasteiger partial charge on any atom is -0.369 e. The Morgan fingerprint density at radius 1 is 1.52 bits per heavy atom. The molecule has 0 spiro atoms. The molecule has 5 nitrogen and oxygen atoms in total. The summed E-state index contributed by atoms with van der Waals surface area (Å²) in [7, 11) is 0. The number of nitrogens with one attached hydrogen (secondary N) is 1. The molecule has 1 heterocycles. The van der Waals surface area contributed by atoms with E-state index in [1.54, 1.807) is 4.90 Å². The maximum absolute atomic E-state index is 12.4. The van der Waals surface area contributed by atoms with E-state index in [2.05, 4.69) is 5.32 Å². The number of rotatable bonds is 2. The fourth-order valence-electron chi connectivity index (χ4n) is 2.71. The zero-order valence-electron chi connectivity index (χ0n) is 13.2. The predicted octanol–water partition coefficient (Wildman–Crippen LogP) is 2.74. The number of carbonyl (C=O) groups excluding carboxylic acids is 1. The quantitative estimate of drug-likeness (QED) is 0.880. The lowest BCUT2D eigenvalue weighted by molar-refractivity contribution is -0.116. The van der Waals surface area contributed by atoms with Gasteiger partial charge in [0.05, 0.1) is 18.2 Å². The number of hydrogen-bond donors (Lipinski definition) is 2. The summed E-state index contributed by atoms with van der Waals surface area (Å²) >= 11 is 0. The van der Waals surface area contributed by atoms with Crippen LogP contribution >= 0.6 is 0 Å². The maximum Gasteiger partial charge on any atom is 0.322 e. The third-order valence-corrected chi connectivity index (χ3v) is 3.52. The number of nitrogens with two attached hydrogens (primary N) is 1. The van der Waals surface area contributed by atoms with E-state index in [9.17, 15) is 4.79 Å². The highest BCUT2D eigenvalue weighted by atomic mass is 16.5. The minimum absolute atomic E-state index is 0.0369. The Bertz CT molecular complexity index is 514. The molecule has 1 aromatic carbocycles. The molecule has 116 valence electrons. The molecule has 0 bridgehead atoms. The van der Waals surface area contributed by atoms with Gasteiger partial charge in [0.25, 0.3) is 0 Å². The van der Waals surface area contributed by atoms with E-state index in [0.717, 1.165) is 11.3 Å². The lowest BCUT2D eigenvalue weighted by atomic mass is 10.1. The summed E-state index contributed by atoms with van der Waals surface area (Å²) in [5.41, 5.74) is 7.33. The third kappa shape index (κ3) is 4.19. The fourth-order valence-corrected chi connectivity index (χ4v) is 2.71. The second-order valence-electron chi connectivity index (χ2n) is 6.41. The minimum atomic E-state index is -0.317. The molecule has 2 amide bonds. The van der Waals surface area contributed by atoms with E-state index >= 15 is 0 Å². The maximum atomic E-state index is 12.4. The monoisotopic (exact) mass is 291 g/mol. The Kier molecular flexibility index (Phi) is 4.54. The van der Waals surface area contributed by atoms with Gasteiger partial charge in [-0.1, -0.05) is 12.1 Å². The van der Waals surface area contributed by atoms with Crippen molar-refractivity contribution in [2.75, 3.05) is 18.4 Å². The molecule has 0 aromatic heterocycles. The van der Waals surface area contributed by atoms with E-state index < -0.39 is 0 Å². The van der Waals surface area contributed by atoms with Crippen LogP contribution in [0.3, 0.4) is 0 Å². The summed E-state index contributed by atoms with van der Waals surface area (Å²) in [6, 6.07) is 7.50. The molecular formula is C16H25N3O2. The van der Waals surface area contributed by atoms with Crippen LogP contribution in [-0.2, 0) is 4.74 Å². The number of hydrogen-bond acceptors (Lipinski definition) is 3. The second-order valence-corrected chi connectivity index (χ2v) is 6.41. The molecule has 2 rings (SSSR count). The number of nitrogens with zero attached hydrogens (tertiary/aromatic N) is 1. The summed E-state index contributed by atoms with van der Waals surface area (Å²) in [6.07, 6.45) is 0.0369. The molecule has 5 heteroatoms. The summed E-state index contributed by atoms with van der Waals surface area (Å²) < 4.78 is 5.82. The Balaban J connectivity index is 2.06. The average Bonchev–Trinajstić information content (AvgIpc) is 2.36. The first-order chi connectivity index (χ1) is 9.77. The molecule has 2 unspecified atom stereocenters. The number of anilines is 1. The van der Waals surface area contributed by atoms with Gasteiger partial charge in [-0.05, 0) is 45.4 Å². The summed E-state index contributed by atoms with van der Waals surface area (Å²) in [4.78, 5) is 14.2. The lowest BCUT2D eigenvalue weighted by Crippen LogP contribution is -2.54. The lowest BCUT2D eigenvalue weighted by Gasteiger charge is -2.41. The van der Waals surface area contributed by atoms with Crippen LogP contribution in [0, 0.1) is 0 Å². The smallest absolute Gasteiger partial charge is 0.322 e. The van der Waals surface area contributed by atoms with Crippen LogP contribution in [0.4, 0.5) is 10.5 Å². The van der Waals surface area contributed by atoms with Crippen LogP contribution in [0.5, 0.6) is 0 Å². The SMILES string of the molecule is CC1CN(C(=O)Nc2cccc(C(C)N)c2)CC(C)(C)O1. The van der Waals surface area contributed by atoms with Crippen LogP contribution in [0.2, 0.25) is 0 Å². The van der Waals surface area contributed by atoms with Crippen molar-refractivity contribution in [1.29, 1.82) is 0 Å². The first-order valence-electron chi connectivity index (χ1n) is 7.36. The van der Waals surface area contributed by atoms with E-state index in [0.29, 0.717) is 13.1 Å². The van der Waals surface area contributed by atoms with Gasteiger partial charge < -0.3 is 20.7 Å². The van der Waals surface area contributed by atoms with E-state index in [1.165, 1.54) is 0 Å². The van der Waals surface area contributed by atoms with Crippen molar-refractivity contribution in [2.45, 2.75) is 45.4 Å². The highest BCUT2D eigenvalue weighted by Gasteiger charge is 2.33. The van der Waals surface area contributed by atoms with Crippen LogP contribution in [0.15, 0.2) is 24.3 Å². The molecule has 1 aliphatic rings. The standard InChI is InChI=1S/C16H25N3O2/c1-11-9-19(10-16(3,4)21-11)15(20)18-14-7-5-6-13(8-14)12(2)17/h5-8,11-12H,9-10,17H2,1-4H3,(H,18,20). The molecule has 0 radical (unpaired) electrons. The first-order valence-corrected chi connectivity index (χ1v) is 7.36. The van der Waals surface area contributed by atoms with Gasteiger partial charge in [0, 0.05) is 18.3 Å². The Hall–Kier alpha value is -1.59. The van der Waals surface area contributed by atoms with Gasteiger partial charge in [-0.2, -0.15) is 0 Å². The van der Waals surface area contributed by atoms with E-state index in [1.807, 2.05) is 52.0 Å². The number of ether oxygens (including phenoxy) is 1. The normalized spacial score (nSPS) is 22.7. The Morgan fingerprint density at radius 2 is 2.24 bits per heavy atom. The molecule has 2 atom stereocenters. The zero-order valence-corrected chi connectivity index (χ0v) is 13.2. The van der Waals surface area contributed by atoms with Crippen molar-refractivity contribution in [3.05, 3.63) is 29.8 Å². The summed E-state index contributed by atoms with van der Waals surface area (Å²) in [6.45, 7) is 9.09. The largest absolute Gasteiger partial charge is 0.369 e. The molecule has 0 aliphatic carbocycles. The van der Waals surface area contributed by atoms with Gasteiger partial charge in [-0.15, -0.1) is 0 Å². The Morgan fingerprint density at radius 3 is 2.86 bits per heavy atom. The molecule has 1 fully saturated rings. The zero-order chi connectivity index (χ0) is 15.6. The average molecular weight is 291 g/mol. The molecule has 21 heavy (non-hydrogen) atoms. The van der Waals surface area contributed by atoms with Gasteiger partial charge >= 0.3 is 6.03 Å². The second kappa shape index (κ2) is 6.03. The highest BCUT2D eigenvalue weighted by Crippen LogP contribution is 2.22. The Labute approximate surface area is 126 Å². The molecule has 1 aromatic rings. The third-order valence-electron chi connectivity index (χ3n) is 3.52. The van der Waals surface area contributed by atoms with Crippen molar-refractivity contribution in [3.63, 3.8) is 0 Å². The van der Waals surface area contributed by atoms with Crippen LogP contribution < -0.4 is 11.1 Å². The molecule has 0 saturated carbocycles. The number of carbonyl (C=O) groups is 1. The predicted molar refractivity (Wildman–Crippen MR) is 84.3 cm³/mol. The van der Waals surface area contributed by atoms with Crippen molar-refractivity contribution in [2.24, 2.45) is 5.73 Å². The van der Waals surface area contributed by atoms with Crippen LogP contribution in [0.25, 0.3) is 0 Å². The number of urea groups is 1. The van der Waals surface area contributed by atoms with Gasteiger partial charge in [0.1, 0.15) is 0 Å². The van der Waals surface area contributed by atoms with Crippen molar-refractivity contribution < 1.29 is 9.53 Å². The van der Waals surface area contributed by atoms with E-state index in [4.69, 9.17) is 10.5 Å². The van der Waals surface area contributed by atoms with Crippen LogP contribution in [-0.4, -0.2) is 35.7 Å². The van der Waals surface area contributed by atoms with Crippen molar-refractivity contribution in [3.8, 4) is 0 Å². The van der Waals surface area contributed by atoms with E-state index in [-0.39, 0.29) is 23.8 Å². The number of amides is 2. The van der Waals surface area contributed by atoms with Gasteiger partial charge in [0.2, 0.25) is 0 Å². The summed E-state index contributed by atoms with van der Waals surface area (Å²) in [5, 5.41) is 2.94. The number of morpholine rings is 1. The fraction of sp³-hybridized carbons (Fsp3) is 0.562. The first kappa shape index (κ1) is 15.8. The van der Waals surface area contributed by atoms with Gasteiger partial charge in [0.15, 0.2) is 0 Å². The topological polar surface area (TPSA) is 67.6 Å². The molecule has 1 saturated heterocycles. The van der Waals surface area contributed by atoms with Gasteiger partial charge in [-0.3, -0.25) is 0 Å². The molecule has 1 aliphatic heterocycles. The van der Waals surface area contributed by atoms with Crippen LogP contribution in [0.1, 0.15) is 39.3 Å². The molecule has 3 N–H and O–H groups in total. The van der Waals surface area contributed by atoms with Crippen molar-refractivity contribution in [1.82, 2.24) is 4.90 Å². The molecular weight excluding hydrogens is 266 g/mol. The van der Waals surface area contributed by atoms with Crippen molar-refractivity contribution >= 4 is 11.7 Å². The van der Waals surface area contributed by atoms with Gasteiger partial charge in [-0.25, -0.2) is 4.79 Å². The number of benzene rings is 1.